The molecule has 0 amide bonds. The van der Waals surface area contributed by atoms with E-state index in [9.17, 15) is 9.59 Å². The minimum absolute atomic E-state index is 0.184. The molecule has 0 aliphatic carbocycles. The number of carbonyl (C=O) groups excluding carboxylic acids is 1. The first-order valence-electron chi connectivity index (χ1n) is 8.91. The summed E-state index contributed by atoms with van der Waals surface area (Å²) in [6.07, 6.45) is 1.84. The largest absolute Gasteiger partial charge is 0.466 e. The molecule has 7 heteroatoms. The Kier molecular flexibility index (Phi) is 5.34. The Hall–Kier alpha value is -2.77. The van der Waals surface area contributed by atoms with Gasteiger partial charge in [-0.25, -0.2) is 9.79 Å². The number of methoxy groups -OCH3 is 1. The van der Waals surface area contributed by atoms with Gasteiger partial charge >= 0.3 is 5.97 Å². The second-order valence-corrected chi connectivity index (χ2v) is 8.46. The molecule has 4 rings (SSSR count). The van der Waals surface area contributed by atoms with Crippen molar-refractivity contribution in [2.24, 2.45) is 4.99 Å². The fourth-order valence-electron chi connectivity index (χ4n) is 3.39. The lowest BCUT2D eigenvalue weighted by Gasteiger charge is -2.24. The van der Waals surface area contributed by atoms with Gasteiger partial charge in [-0.1, -0.05) is 69.7 Å². The maximum Gasteiger partial charge on any atom is 0.338 e. The van der Waals surface area contributed by atoms with Crippen LogP contribution in [-0.2, 0) is 9.53 Å². The number of rotatable bonds is 3. The van der Waals surface area contributed by atoms with Crippen LogP contribution in [-0.4, -0.2) is 17.6 Å². The van der Waals surface area contributed by atoms with Crippen LogP contribution < -0.4 is 14.9 Å². The van der Waals surface area contributed by atoms with Crippen molar-refractivity contribution in [2.45, 2.75) is 13.0 Å². The van der Waals surface area contributed by atoms with Crippen LogP contribution in [0, 0.1) is 0 Å². The third-order valence-electron chi connectivity index (χ3n) is 4.69. The molecule has 1 aromatic heterocycles. The first-order valence-corrected chi connectivity index (χ1v) is 10.5. The Bertz CT molecular complexity index is 1310. The Morgan fingerprint density at radius 2 is 1.97 bits per heavy atom. The van der Waals surface area contributed by atoms with Gasteiger partial charge in [-0.3, -0.25) is 9.36 Å². The van der Waals surface area contributed by atoms with Crippen LogP contribution in [0.3, 0.4) is 0 Å². The predicted molar refractivity (Wildman–Crippen MR) is 116 cm³/mol. The van der Waals surface area contributed by atoms with E-state index in [-0.39, 0.29) is 5.56 Å². The molecule has 1 atom stereocenters. The molecule has 0 unspecified atom stereocenters. The zero-order chi connectivity index (χ0) is 20.5. The molecule has 3 aromatic rings. The number of allylic oxidation sites excluding steroid dienone is 1. The fraction of sp³-hybridized carbons (Fsp3) is 0.136. The van der Waals surface area contributed by atoms with Gasteiger partial charge in [0, 0.05) is 4.47 Å². The van der Waals surface area contributed by atoms with E-state index in [4.69, 9.17) is 4.74 Å². The first kappa shape index (κ1) is 19.5. The Morgan fingerprint density at radius 1 is 1.21 bits per heavy atom. The van der Waals surface area contributed by atoms with E-state index >= 15 is 0 Å². The second-order valence-electron chi connectivity index (χ2n) is 6.54. The van der Waals surface area contributed by atoms with Crippen LogP contribution in [0.15, 0.2) is 80.1 Å². The molecule has 5 nitrogen and oxygen atoms in total. The lowest BCUT2D eigenvalue weighted by molar-refractivity contribution is -0.136. The van der Waals surface area contributed by atoms with Crippen molar-refractivity contribution in [3.05, 3.63) is 101 Å². The number of nitrogens with zero attached hydrogens (tertiary/aromatic N) is 2. The van der Waals surface area contributed by atoms with Crippen molar-refractivity contribution in [2.75, 3.05) is 7.11 Å². The van der Waals surface area contributed by atoms with E-state index in [0.717, 1.165) is 15.6 Å². The van der Waals surface area contributed by atoms with Gasteiger partial charge in [0.1, 0.15) is 0 Å². The Morgan fingerprint density at radius 3 is 2.66 bits per heavy atom. The zero-order valence-corrected chi connectivity index (χ0v) is 18.2. The summed E-state index contributed by atoms with van der Waals surface area (Å²) >= 11 is 4.77. The van der Waals surface area contributed by atoms with E-state index in [1.807, 2.05) is 60.7 Å². The van der Waals surface area contributed by atoms with Gasteiger partial charge in [-0.15, -0.1) is 0 Å². The summed E-state index contributed by atoms with van der Waals surface area (Å²) in [4.78, 5) is 31.0. The third-order valence-corrected chi connectivity index (χ3v) is 6.16. The summed E-state index contributed by atoms with van der Waals surface area (Å²) in [6, 6.07) is 16.6. The summed E-state index contributed by atoms with van der Waals surface area (Å²) < 4.78 is 8.08. The van der Waals surface area contributed by atoms with Gasteiger partial charge < -0.3 is 4.74 Å². The van der Waals surface area contributed by atoms with Crippen molar-refractivity contribution in [1.82, 2.24) is 4.57 Å². The van der Waals surface area contributed by atoms with Crippen molar-refractivity contribution in [1.29, 1.82) is 0 Å². The normalized spacial score (nSPS) is 16.4. The molecular weight excluding hydrogens is 452 g/mol. The molecule has 29 heavy (non-hydrogen) atoms. The monoisotopic (exact) mass is 468 g/mol. The van der Waals surface area contributed by atoms with Crippen LogP contribution in [0.4, 0.5) is 0 Å². The van der Waals surface area contributed by atoms with Gasteiger partial charge in [0.05, 0.1) is 29.0 Å². The maximum absolute atomic E-state index is 13.3. The van der Waals surface area contributed by atoms with E-state index in [2.05, 4.69) is 20.9 Å². The van der Waals surface area contributed by atoms with Gasteiger partial charge in [-0.2, -0.15) is 0 Å². The number of ether oxygens (including phenoxy) is 1. The van der Waals surface area contributed by atoms with Crippen LogP contribution in [0.1, 0.15) is 24.1 Å². The number of benzene rings is 2. The molecule has 0 fully saturated rings. The van der Waals surface area contributed by atoms with Gasteiger partial charge in [-0.05, 0) is 36.3 Å². The average Bonchev–Trinajstić information content (AvgIpc) is 3.02. The molecule has 1 aliphatic heterocycles. The molecular formula is C22H17BrN2O3S. The topological polar surface area (TPSA) is 60.7 Å². The highest BCUT2D eigenvalue weighted by Gasteiger charge is 2.32. The number of aromatic nitrogens is 1. The first-order chi connectivity index (χ1) is 14.0. The SMILES string of the molecule is COC(=O)C1=C(C)N=c2s/c(=C/c3cccc(Br)c3)c(=O)n2[C@@H]1c1ccccc1. The van der Waals surface area contributed by atoms with Gasteiger partial charge in [0.25, 0.3) is 5.56 Å². The minimum Gasteiger partial charge on any atom is -0.466 e. The smallest absolute Gasteiger partial charge is 0.338 e. The van der Waals surface area contributed by atoms with Gasteiger partial charge in [0.15, 0.2) is 4.80 Å². The number of thiazole rings is 1. The van der Waals surface area contributed by atoms with E-state index in [1.165, 1.54) is 18.4 Å². The summed E-state index contributed by atoms with van der Waals surface area (Å²) in [7, 11) is 1.34. The molecule has 0 radical (unpaired) electrons. The third kappa shape index (κ3) is 3.63. The van der Waals surface area contributed by atoms with Crippen LogP contribution in [0.2, 0.25) is 0 Å². The molecule has 0 saturated carbocycles. The Labute approximate surface area is 179 Å². The van der Waals surface area contributed by atoms with E-state index < -0.39 is 12.0 Å². The zero-order valence-electron chi connectivity index (χ0n) is 15.8. The standard InChI is InChI=1S/C22H17BrN2O3S/c1-13-18(21(27)28-2)19(15-8-4-3-5-9-15)25-20(26)17(29-22(25)24-13)12-14-7-6-10-16(23)11-14/h3-12,19H,1-2H3/b17-12+/t19-/m1/s1. The molecule has 0 spiro atoms. The number of hydrogen-bond donors (Lipinski definition) is 0. The molecule has 1 aliphatic rings. The quantitative estimate of drug-likeness (QED) is 0.554. The van der Waals surface area contributed by atoms with Crippen molar-refractivity contribution in [3.8, 4) is 0 Å². The highest BCUT2D eigenvalue weighted by Crippen LogP contribution is 2.30. The molecule has 2 heterocycles. The molecule has 2 aromatic carbocycles. The van der Waals surface area contributed by atoms with Crippen LogP contribution in [0.25, 0.3) is 6.08 Å². The van der Waals surface area contributed by atoms with Crippen molar-refractivity contribution < 1.29 is 9.53 Å². The number of fused-ring (bicyclic) bond motifs is 1. The van der Waals surface area contributed by atoms with Crippen molar-refractivity contribution in [3.63, 3.8) is 0 Å². The van der Waals surface area contributed by atoms with E-state index in [1.54, 1.807) is 11.5 Å². The highest BCUT2D eigenvalue weighted by molar-refractivity contribution is 9.10. The number of halogens is 1. The van der Waals surface area contributed by atoms with Gasteiger partial charge in [0.2, 0.25) is 0 Å². The second kappa shape index (κ2) is 7.93. The average molecular weight is 469 g/mol. The fourth-order valence-corrected chi connectivity index (χ4v) is 4.85. The van der Waals surface area contributed by atoms with Crippen LogP contribution in [0.5, 0.6) is 0 Å². The summed E-state index contributed by atoms with van der Waals surface area (Å²) in [5.41, 5.74) is 2.49. The maximum atomic E-state index is 13.3. The summed E-state index contributed by atoms with van der Waals surface area (Å²) in [5.74, 6) is -0.485. The van der Waals surface area contributed by atoms with Crippen molar-refractivity contribution >= 4 is 39.3 Å². The van der Waals surface area contributed by atoms with Crippen LogP contribution >= 0.6 is 27.3 Å². The lowest BCUT2D eigenvalue weighted by Crippen LogP contribution is -2.39. The summed E-state index contributed by atoms with van der Waals surface area (Å²) in [5, 5.41) is 0. The summed E-state index contributed by atoms with van der Waals surface area (Å²) in [6.45, 7) is 1.77. The van der Waals surface area contributed by atoms with E-state index in [0.29, 0.717) is 20.6 Å². The highest BCUT2D eigenvalue weighted by atomic mass is 79.9. The molecule has 0 saturated heterocycles. The Balaban J connectivity index is 1.98. The number of esters is 1. The lowest BCUT2D eigenvalue weighted by atomic mass is 9.96. The predicted octanol–water partition coefficient (Wildman–Crippen LogP) is 3.17. The minimum atomic E-state index is -0.579. The number of carbonyl (C=O) groups is 1. The number of hydrogen-bond acceptors (Lipinski definition) is 5. The molecule has 0 N–H and O–H groups in total. The molecule has 0 bridgehead atoms. The molecule has 146 valence electrons.